The Kier molecular flexibility index (Phi) is 10.9. The van der Waals surface area contributed by atoms with Crippen LogP contribution in [0.25, 0.3) is 0 Å². The van der Waals surface area contributed by atoms with Crippen LogP contribution in [0.5, 0.6) is 0 Å². The van der Waals surface area contributed by atoms with Gasteiger partial charge in [0.25, 0.3) is 0 Å². The van der Waals surface area contributed by atoms with Gasteiger partial charge in [0, 0.05) is 12.4 Å². The summed E-state index contributed by atoms with van der Waals surface area (Å²) < 4.78 is 0. The maximum absolute atomic E-state index is 9.64. The van der Waals surface area contributed by atoms with Crippen molar-refractivity contribution in [1.82, 2.24) is 10.2 Å². The number of aliphatic hydroxyl groups excluding tert-OH is 1. The van der Waals surface area contributed by atoms with Gasteiger partial charge in [0.15, 0.2) is 0 Å². The summed E-state index contributed by atoms with van der Waals surface area (Å²) >= 11 is 0. The van der Waals surface area contributed by atoms with Gasteiger partial charge in [0.05, 0.1) is 0 Å². The van der Waals surface area contributed by atoms with Gasteiger partial charge in [-0.15, -0.1) is 6.58 Å². The van der Waals surface area contributed by atoms with Gasteiger partial charge in [0.1, 0.15) is 12.4 Å². The van der Waals surface area contributed by atoms with Crippen molar-refractivity contribution in [3.8, 4) is 0 Å². The standard InChI is InChI=1S/C19H36N2O/c1-3-4-5-6-7-8-9-10-11-12-13-14-15-19-20-16-17-21(19)18(2)22/h3,16-20,22H,1,4-15H2,2H3. The number of allylic oxidation sites excluding steroid dienone is 1. The summed E-state index contributed by atoms with van der Waals surface area (Å²) in [6, 6.07) is 0. The second kappa shape index (κ2) is 12.6. The highest BCUT2D eigenvalue weighted by Crippen LogP contribution is 2.16. The zero-order valence-corrected chi connectivity index (χ0v) is 14.5. The van der Waals surface area contributed by atoms with Crippen molar-refractivity contribution in [2.24, 2.45) is 0 Å². The quantitative estimate of drug-likeness (QED) is 0.354. The number of hydrogen-bond donors (Lipinski definition) is 2. The first-order chi connectivity index (χ1) is 10.8. The van der Waals surface area contributed by atoms with Crippen molar-refractivity contribution >= 4 is 0 Å². The first kappa shape index (κ1) is 19.1. The van der Waals surface area contributed by atoms with Crippen molar-refractivity contribution in [2.75, 3.05) is 0 Å². The minimum Gasteiger partial charge on any atom is -0.374 e. The van der Waals surface area contributed by atoms with E-state index in [4.69, 9.17) is 0 Å². The molecule has 128 valence electrons. The molecular weight excluding hydrogens is 272 g/mol. The van der Waals surface area contributed by atoms with Crippen LogP contribution in [-0.2, 0) is 0 Å². The van der Waals surface area contributed by atoms with Crippen LogP contribution in [0.15, 0.2) is 25.1 Å². The molecule has 1 aliphatic heterocycles. The van der Waals surface area contributed by atoms with E-state index < -0.39 is 6.23 Å². The van der Waals surface area contributed by atoms with Crippen LogP contribution in [0.3, 0.4) is 0 Å². The van der Waals surface area contributed by atoms with Gasteiger partial charge in [0.2, 0.25) is 0 Å². The van der Waals surface area contributed by atoms with E-state index in [0.717, 1.165) is 6.42 Å². The second-order valence-electron chi connectivity index (χ2n) is 6.48. The van der Waals surface area contributed by atoms with E-state index in [-0.39, 0.29) is 6.17 Å². The Hall–Kier alpha value is -0.960. The average molecular weight is 309 g/mol. The average Bonchev–Trinajstić information content (AvgIpc) is 2.97. The minimum absolute atomic E-state index is 0.288. The highest BCUT2D eigenvalue weighted by molar-refractivity contribution is 4.94. The van der Waals surface area contributed by atoms with Gasteiger partial charge >= 0.3 is 0 Å². The Balaban J connectivity index is 1.83. The zero-order chi connectivity index (χ0) is 16.0. The topological polar surface area (TPSA) is 35.5 Å². The lowest BCUT2D eigenvalue weighted by Gasteiger charge is -2.28. The Morgan fingerprint density at radius 2 is 1.59 bits per heavy atom. The lowest BCUT2D eigenvalue weighted by Crippen LogP contribution is -2.40. The van der Waals surface area contributed by atoms with E-state index in [0.29, 0.717) is 0 Å². The third-order valence-corrected chi connectivity index (χ3v) is 4.46. The fourth-order valence-corrected chi connectivity index (χ4v) is 3.09. The van der Waals surface area contributed by atoms with Gasteiger partial charge in [-0.3, -0.25) is 0 Å². The SMILES string of the molecule is C=CCCCCCCCCCCCCC1NC=CN1C(C)O. The van der Waals surface area contributed by atoms with E-state index in [1.165, 1.54) is 70.6 Å². The number of aliphatic hydroxyl groups is 1. The zero-order valence-electron chi connectivity index (χ0n) is 14.5. The van der Waals surface area contributed by atoms with Crippen molar-refractivity contribution in [3.05, 3.63) is 25.1 Å². The summed E-state index contributed by atoms with van der Waals surface area (Å²) in [4.78, 5) is 1.99. The van der Waals surface area contributed by atoms with Crippen molar-refractivity contribution in [2.45, 2.75) is 96.4 Å². The minimum atomic E-state index is -0.400. The van der Waals surface area contributed by atoms with Crippen LogP contribution in [0.4, 0.5) is 0 Å². The monoisotopic (exact) mass is 308 g/mol. The van der Waals surface area contributed by atoms with Crippen LogP contribution in [0.1, 0.15) is 84.0 Å². The van der Waals surface area contributed by atoms with Crippen LogP contribution in [0.2, 0.25) is 0 Å². The van der Waals surface area contributed by atoms with Crippen LogP contribution in [0, 0.1) is 0 Å². The maximum Gasteiger partial charge on any atom is 0.125 e. The van der Waals surface area contributed by atoms with Crippen LogP contribution >= 0.6 is 0 Å². The fourth-order valence-electron chi connectivity index (χ4n) is 3.09. The predicted molar refractivity (Wildman–Crippen MR) is 95.2 cm³/mol. The smallest absolute Gasteiger partial charge is 0.125 e. The third kappa shape index (κ3) is 8.47. The van der Waals surface area contributed by atoms with Crippen molar-refractivity contribution in [1.29, 1.82) is 0 Å². The van der Waals surface area contributed by atoms with E-state index in [2.05, 4.69) is 11.9 Å². The molecular formula is C19H36N2O. The molecule has 0 amide bonds. The molecule has 2 atom stereocenters. The molecule has 0 aromatic heterocycles. The van der Waals surface area contributed by atoms with E-state index in [9.17, 15) is 5.11 Å². The van der Waals surface area contributed by atoms with Gasteiger partial charge in [-0.05, 0) is 32.6 Å². The molecule has 0 spiro atoms. The highest BCUT2D eigenvalue weighted by Gasteiger charge is 2.20. The molecule has 1 heterocycles. The molecule has 2 N–H and O–H groups in total. The van der Waals surface area contributed by atoms with Gasteiger partial charge in [-0.1, -0.05) is 57.4 Å². The van der Waals surface area contributed by atoms with Gasteiger partial charge in [-0.2, -0.15) is 0 Å². The summed E-state index contributed by atoms with van der Waals surface area (Å²) in [6.07, 6.45) is 21.6. The molecule has 0 radical (unpaired) electrons. The summed E-state index contributed by atoms with van der Waals surface area (Å²) in [5.74, 6) is 0. The van der Waals surface area contributed by atoms with E-state index in [1.807, 2.05) is 30.3 Å². The fraction of sp³-hybridized carbons (Fsp3) is 0.789. The van der Waals surface area contributed by atoms with Crippen LogP contribution in [-0.4, -0.2) is 22.4 Å². The molecule has 3 nitrogen and oxygen atoms in total. The van der Waals surface area contributed by atoms with Gasteiger partial charge in [-0.25, -0.2) is 0 Å². The largest absolute Gasteiger partial charge is 0.374 e. The Bertz CT molecular complexity index is 302. The van der Waals surface area contributed by atoms with Crippen molar-refractivity contribution in [3.63, 3.8) is 0 Å². The lowest BCUT2D eigenvalue weighted by molar-refractivity contribution is 0.0254. The van der Waals surface area contributed by atoms with Crippen LogP contribution < -0.4 is 5.32 Å². The molecule has 0 bridgehead atoms. The number of hydrogen-bond acceptors (Lipinski definition) is 3. The summed E-state index contributed by atoms with van der Waals surface area (Å²) in [5.41, 5.74) is 0. The molecule has 22 heavy (non-hydrogen) atoms. The summed E-state index contributed by atoms with van der Waals surface area (Å²) in [7, 11) is 0. The molecule has 0 saturated heterocycles. The number of nitrogens with zero attached hydrogens (tertiary/aromatic N) is 1. The maximum atomic E-state index is 9.64. The molecule has 0 saturated carbocycles. The third-order valence-electron chi connectivity index (χ3n) is 4.46. The molecule has 0 aliphatic carbocycles. The molecule has 1 aliphatic rings. The number of nitrogens with one attached hydrogen (secondary N) is 1. The van der Waals surface area contributed by atoms with Gasteiger partial charge < -0.3 is 15.3 Å². The first-order valence-electron chi connectivity index (χ1n) is 9.25. The number of rotatable bonds is 14. The van der Waals surface area contributed by atoms with E-state index in [1.54, 1.807) is 0 Å². The molecule has 0 aromatic rings. The molecule has 2 unspecified atom stereocenters. The molecule has 3 heteroatoms. The Morgan fingerprint density at radius 3 is 2.14 bits per heavy atom. The number of unbranched alkanes of at least 4 members (excludes halogenated alkanes) is 10. The summed E-state index contributed by atoms with van der Waals surface area (Å²) in [5, 5.41) is 13.0. The Morgan fingerprint density at radius 1 is 1.05 bits per heavy atom. The Labute approximate surface area is 137 Å². The summed E-state index contributed by atoms with van der Waals surface area (Å²) in [6.45, 7) is 5.58. The molecule has 0 fully saturated rings. The first-order valence-corrected chi connectivity index (χ1v) is 9.25. The highest BCUT2D eigenvalue weighted by atomic mass is 16.3. The van der Waals surface area contributed by atoms with Crippen molar-refractivity contribution < 1.29 is 5.11 Å². The second-order valence-corrected chi connectivity index (χ2v) is 6.48. The predicted octanol–water partition coefficient (Wildman–Crippen LogP) is 4.89. The normalized spacial score (nSPS) is 18.5. The molecule has 1 rings (SSSR count). The van der Waals surface area contributed by atoms with E-state index >= 15 is 0 Å². The lowest BCUT2D eigenvalue weighted by atomic mass is 10.0. The molecule has 0 aromatic carbocycles.